The van der Waals surface area contributed by atoms with Crippen LogP contribution in [0.5, 0.6) is 11.5 Å². The fraction of sp³-hybridized carbons (Fsp3) is 0.455. The summed E-state index contributed by atoms with van der Waals surface area (Å²) in [5.74, 6) is 1.42. The van der Waals surface area contributed by atoms with E-state index in [2.05, 4.69) is 6.07 Å². The van der Waals surface area contributed by atoms with Gasteiger partial charge in [-0.25, -0.2) is 0 Å². The first kappa shape index (κ1) is 9.34. The molecule has 1 atom stereocenters. The number of ether oxygens (including phenoxy) is 3. The Morgan fingerprint density at radius 1 is 1.50 bits per heavy atom. The van der Waals surface area contributed by atoms with Gasteiger partial charge in [0.05, 0.1) is 13.7 Å². The molecule has 1 saturated heterocycles. The lowest BCUT2D eigenvalue weighted by Gasteiger charge is -2.14. The van der Waals surface area contributed by atoms with Gasteiger partial charge in [-0.05, 0) is 24.6 Å². The smallest absolute Gasteiger partial charge is 0.200 e. The molecule has 1 heterocycles. The zero-order valence-corrected chi connectivity index (χ0v) is 8.16. The van der Waals surface area contributed by atoms with E-state index in [9.17, 15) is 0 Å². The van der Waals surface area contributed by atoms with Crippen molar-refractivity contribution in [2.45, 2.75) is 19.1 Å². The number of hydrogen-bond donors (Lipinski definition) is 0. The number of methoxy groups -OCH3 is 1. The number of rotatable bonds is 3. The summed E-state index contributed by atoms with van der Waals surface area (Å²) in [5.41, 5.74) is 0. The van der Waals surface area contributed by atoms with Gasteiger partial charge in [-0.3, -0.25) is 0 Å². The van der Waals surface area contributed by atoms with Crippen LogP contribution in [0.4, 0.5) is 0 Å². The average molecular weight is 193 g/mol. The van der Waals surface area contributed by atoms with Gasteiger partial charge in [0.2, 0.25) is 0 Å². The number of hydrogen-bond acceptors (Lipinski definition) is 3. The van der Waals surface area contributed by atoms with Gasteiger partial charge in [0, 0.05) is 6.42 Å². The lowest BCUT2D eigenvalue weighted by molar-refractivity contribution is -0.0402. The minimum absolute atomic E-state index is 0.125. The van der Waals surface area contributed by atoms with Crippen molar-refractivity contribution in [3.8, 4) is 11.5 Å². The van der Waals surface area contributed by atoms with Gasteiger partial charge in [-0.1, -0.05) is 6.07 Å². The first-order chi connectivity index (χ1) is 6.90. The summed E-state index contributed by atoms with van der Waals surface area (Å²) in [6.45, 7) is 0.781. The van der Waals surface area contributed by atoms with Crippen LogP contribution in [0.15, 0.2) is 18.2 Å². The van der Waals surface area contributed by atoms with Gasteiger partial charge in [0.25, 0.3) is 0 Å². The molecular formula is C11H13O3. The second kappa shape index (κ2) is 4.33. The Morgan fingerprint density at radius 3 is 3.14 bits per heavy atom. The summed E-state index contributed by atoms with van der Waals surface area (Å²) in [6.07, 6.45) is 1.88. The van der Waals surface area contributed by atoms with Gasteiger partial charge in [-0.2, -0.15) is 0 Å². The molecule has 1 aromatic rings. The van der Waals surface area contributed by atoms with Crippen LogP contribution in [0, 0.1) is 6.07 Å². The highest BCUT2D eigenvalue weighted by Crippen LogP contribution is 2.28. The highest BCUT2D eigenvalue weighted by molar-refractivity contribution is 5.38. The SMILES string of the molecule is COc1cc[c]cc1OC1CCCO1. The molecule has 0 aliphatic carbocycles. The van der Waals surface area contributed by atoms with Crippen LogP contribution in [0.3, 0.4) is 0 Å². The predicted molar refractivity (Wildman–Crippen MR) is 51.4 cm³/mol. The molecule has 1 radical (unpaired) electrons. The molecule has 1 aliphatic heterocycles. The van der Waals surface area contributed by atoms with Crippen molar-refractivity contribution in [1.29, 1.82) is 0 Å². The molecule has 0 N–H and O–H groups in total. The summed E-state index contributed by atoms with van der Waals surface area (Å²) in [7, 11) is 1.62. The molecule has 0 saturated carbocycles. The van der Waals surface area contributed by atoms with Crippen LogP contribution in [-0.4, -0.2) is 20.0 Å². The van der Waals surface area contributed by atoms with Crippen LogP contribution in [-0.2, 0) is 4.74 Å². The van der Waals surface area contributed by atoms with Crippen LogP contribution in [0.2, 0.25) is 0 Å². The second-order valence-electron chi connectivity index (χ2n) is 3.14. The molecule has 1 unspecified atom stereocenters. The fourth-order valence-corrected chi connectivity index (χ4v) is 1.44. The van der Waals surface area contributed by atoms with Gasteiger partial charge >= 0.3 is 0 Å². The van der Waals surface area contributed by atoms with E-state index in [1.54, 1.807) is 19.2 Å². The van der Waals surface area contributed by atoms with Crippen molar-refractivity contribution in [2.24, 2.45) is 0 Å². The zero-order chi connectivity index (χ0) is 9.80. The van der Waals surface area contributed by atoms with E-state index in [0.29, 0.717) is 5.75 Å². The number of benzene rings is 1. The minimum atomic E-state index is -0.125. The molecule has 0 bridgehead atoms. The van der Waals surface area contributed by atoms with Crippen LogP contribution in [0.25, 0.3) is 0 Å². The van der Waals surface area contributed by atoms with Gasteiger partial charge in [0.1, 0.15) is 0 Å². The Morgan fingerprint density at radius 2 is 2.43 bits per heavy atom. The van der Waals surface area contributed by atoms with E-state index < -0.39 is 0 Å². The van der Waals surface area contributed by atoms with Crippen LogP contribution < -0.4 is 9.47 Å². The molecule has 14 heavy (non-hydrogen) atoms. The Labute approximate surface area is 83.6 Å². The van der Waals surface area contributed by atoms with Crippen LogP contribution >= 0.6 is 0 Å². The van der Waals surface area contributed by atoms with Crippen molar-refractivity contribution >= 4 is 0 Å². The molecule has 1 fully saturated rings. The third kappa shape index (κ3) is 1.99. The normalized spacial score (nSPS) is 20.8. The van der Waals surface area contributed by atoms with Crippen molar-refractivity contribution in [1.82, 2.24) is 0 Å². The standard InChI is InChI=1S/C11H13O3/c1-12-9-5-2-3-6-10(9)14-11-7-4-8-13-11/h2,5-6,11H,4,7-8H2,1H3. The molecule has 0 spiro atoms. The second-order valence-corrected chi connectivity index (χ2v) is 3.14. The molecular weight excluding hydrogens is 180 g/mol. The topological polar surface area (TPSA) is 27.7 Å². The lowest BCUT2D eigenvalue weighted by atomic mass is 10.3. The summed E-state index contributed by atoms with van der Waals surface area (Å²) in [5, 5.41) is 0. The molecule has 1 aromatic carbocycles. The maximum atomic E-state index is 5.62. The van der Waals surface area contributed by atoms with Crippen molar-refractivity contribution in [2.75, 3.05) is 13.7 Å². The molecule has 0 aromatic heterocycles. The Hall–Kier alpha value is -1.22. The van der Waals surface area contributed by atoms with E-state index >= 15 is 0 Å². The fourth-order valence-electron chi connectivity index (χ4n) is 1.44. The largest absolute Gasteiger partial charge is 0.493 e. The summed E-state index contributed by atoms with van der Waals surface area (Å²) in [4.78, 5) is 0. The monoisotopic (exact) mass is 193 g/mol. The van der Waals surface area contributed by atoms with E-state index in [-0.39, 0.29) is 6.29 Å². The Balaban J connectivity index is 2.07. The first-order valence-corrected chi connectivity index (χ1v) is 4.72. The van der Waals surface area contributed by atoms with E-state index in [4.69, 9.17) is 14.2 Å². The molecule has 3 nitrogen and oxygen atoms in total. The Kier molecular flexibility index (Phi) is 2.89. The van der Waals surface area contributed by atoms with Gasteiger partial charge in [0.15, 0.2) is 17.8 Å². The van der Waals surface area contributed by atoms with Crippen molar-refractivity contribution < 1.29 is 14.2 Å². The third-order valence-corrected chi connectivity index (χ3v) is 2.15. The highest BCUT2D eigenvalue weighted by Gasteiger charge is 2.18. The molecule has 75 valence electrons. The lowest BCUT2D eigenvalue weighted by Crippen LogP contribution is -2.14. The summed E-state index contributed by atoms with van der Waals surface area (Å²) in [6, 6.07) is 8.33. The van der Waals surface area contributed by atoms with Gasteiger partial charge < -0.3 is 14.2 Å². The molecule has 1 aliphatic rings. The maximum Gasteiger partial charge on any atom is 0.200 e. The van der Waals surface area contributed by atoms with Crippen molar-refractivity contribution in [3.63, 3.8) is 0 Å². The summed E-state index contributed by atoms with van der Waals surface area (Å²) < 4.78 is 16.1. The van der Waals surface area contributed by atoms with Crippen LogP contribution in [0.1, 0.15) is 12.8 Å². The van der Waals surface area contributed by atoms with E-state index in [0.717, 1.165) is 25.2 Å². The minimum Gasteiger partial charge on any atom is -0.493 e. The molecule has 2 rings (SSSR count). The van der Waals surface area contributed by atoms with E-state index in [1.165, 1.54) is 0 Å². The quantitative estimate of drug-likeness (QED) is 0.735. The third-order valence-electron chi connectivity index (χ3n) is 2.15. The van der Waals surface area contributed by atoms with Gasteiger partial charge in [-0.15, -0.1) is 0 Å². The molecule has 0 amide bonds. The zero-order valence-electron chi connectivity index (χ0n) is 8.16. The average Bonchev–Trinajstić information content (AvgIpc) is 2.71. The van der Waals surface area contributed by atoms with E-state index in [1.807, 2.05) is 6.07 Å². The molecule has 3 heteroatoms. The first-order valence-electron chi connectivity index (χ1n) is 4.72. The predicted octanol–water partition coefficient (Wildman–Crippen LogP) is 2.01. The Bertz CT molecular complexity index is 292. The maximum absolute atomic E-state index is 5.62. The highest BCUT2D eigenvalue weighted by atomic mass is 16.7. The van der Waals surface area contributed by atoms with Crippen molar-refractivity contribution in [3.05, 3.63) is 24.3 Å². The summed E-state index contributed by atoms with van der Waals surface area (Å²) >= 11 is 0.